The molecule has 0 saturated carbocycles. The van der Waals surface area contributed by atoms with Gasteiger partial charge in [-0.15, -0.1) is 0 Å². The van der Waals surface area contributed by atoms with Crippen molar-refractivity contribution < 1.29 is 17.6 Å². The Morgan fingerprint density at radius 1 is 1.24 bits per heavy atom. The minimum Gasteiger partial charge on any atom is -0.368 e. The molecule has 0 unspecified atom stereocenters. The highest BCUT2D eigenvalue weighted by atomic mass is 35.5. The lowest BCUT2D eigenvalue weighted by atomic mass is 10.1. The van der Waals surface area contributed by atoms with Gasteiger partial charge in [-0.3, -0.25) is 9.79 Å². The highest BCUT2D eigenvalue weighted by Gasteiger charge is 2.24. The van der Waals surface area contributed by atoms with Gasteiger partial charge in [-0.1, -0.05) is 47.5 Å². The van der Waals surface area contributed by atoms with E-state index < -0.39 is 21.7 Å². The van der Waals surface area contributed by atoms with Crippen molar-refractivity contribution in [3.63, 3.8) is 0 Å². The van der Waals surface area contributed by atoms with E-state index in [1.54, 1.807) is 12.1 Å². The van der Waals surface area contributed by atoms with Crippen LogP contribution in [0.2, 0.25) is 10.0 Å². The quantitative estimate of drug-likeness (QED) is 0.550. The van der Waals surface area contributed by atoms with E-state index in [1.165, 1.54) is 55.4 Å². The molecule has 0 bridgehead atoms. The number of likely N-dealkylation sites (N-methyl/N-ethyl adjacent to an activating group) is 2. The lowest BCUT2D eigenvalue weighted by Gasteiger charge is -2.18. The topological polar surface area (TPSA) is 82.1 Å². The Morgan fingerprint density at radius 2 is 2.00 bits per heavy atom. The van der Waals surface area contributed by atoms with Gasteiger partial charge in [0.05, 0.1) is 16.6 Å². The number of benzene rings is 2. The van der Waals surface area contributed by atoms with Gasteiger partial charge in [0.15, 0.2) is 0 Å². The Balaban J connectivity index is 1.60. The van der Waals surface area contributed by atoms with E-state index in [2.05, 4.69) is 10.3 Å². The molecule has 3 rings (SSSR count). The number of hydrogen-bond acceptors (Lipinski definition) is 5. The van der Waals surface area contributed by atoms with Crippen molar-refractivity contribution in [2.45, 2.75) is 11.4 Å². The number of nitrogens with zero attached hydrogens (tertiary/aromatic N) is 3. The van der Waals surface area contributed by atoms with Crippen LogP contribution >= 0.6 is 23.2 Å². The van der Waals surface area contributed by atoms with Crippen LogP contribution in [0.5, 0.6) is 0 Å². The molecule has 1 amide bonds. The summed E-state index contributed by atoms with van der Waals surface area (Å²) in [7, 11) is -0.996. The number of amidine groups is 1. The average molecular weight is 513 g/mol. The van der Waals surface area contributed by atoms with Crippen molar-refractivity contribution in [3.8, 4) is 0 Å². The van der Waals surface area contributed by atoms with Gasteiger partial charge in [0.25, 0.3) is 0 Å². The lowest BCUT2D eigenvalue weighted by molar-refractivity contribution is -0.125. The van der Waals surface area contributed by atoms with Crippen LogP contribution in [0.3, 0.4) is 0 Å². The van der Waals surface area contributed by atoms with Crippen LogP contribution in [0, 0.1) is 5.82 Å². The molecular weight excluding hydrogens is 490 g/mol. The van der Waals surface area contributed by atoms with E-state index in [0.717, 1.165) is 10.8 Å². The van der Waals surface area contributed by atoms with Gasteiger partial charge in [-0.05, 0) is 18.2 Å². The molecule has 0 radical (unpaired) electrons. The molecule has 7 nitrogen and oxygen atoms in total. The van der Waals surface area contributed by atoms with Crippen LogP contribution in [0.1, 0.15) is 11.1 Å². The number of hydrogen-bond donors (Lipinski definition) is 1. The second kappa shape index (κ2) is 10.6. The van der Waals surface area contributed by atoms with Gasteiger partial charge in [0, 0.05) is 50.9 Å². The third kappa shape index (κ3) is 5.92. The van der Waals surface area contributed by atoms with E-state index in [4.69, 9.17) is 23.2 Å². The second-order valence-corrected chi connectivity index (χ2v) is 10.2. The number of amides is 1. The molecule has 2 aromatic carbocycles. The van der Waals surface area contributed by atoms with Crippen LogP contribution in [0.4, 0.5) is 4.39 Å². The molecule has 0 aromatic heterocycles. The fourth-order valence-electron chi connectivity index (χ4n) is 3.13. The fourth-order valence-corrected chi connectivity index (χ4v) is 4.98. The van der Waals surface area contributed by atoms with Gasteiger partial charge in [-0.25, -0.2) is 12.8 Å². The normalized spacial score (nSPS) is 13.9. The number of halogens is 3. The van der Waals surface area contributed by atoms with Crippen molar-refractivity contribution in [1.82, 2.24) is 14.5 Å². The summed E-state index contributed by atoms with van der Waals surface area (Å²) < 4.78 is 41.0. The number of carbonyl (C=O) groups is 1. The molecule has 0 saturated heterocycles. The third-order valence-corrected chi connectivity index (χ3v) is 7.81. The summed E-state index contributed by atoms with van der Waals surface area (Å²) in [5.74, 6) is -0.172. The molecule has 176 valence electrons. The van der Waals surface area contributed by atoms with E-state index in [0.29, 0.717) is 23.5 Å². The fraction of sp³-hybridized carbons (Fsp3) is 0.273. The second-order valence-electron chi connectivity index (χ2n) is 7.40. The van der Waals surface area contributed by atoms with Gasteiger partial charge < -0.3 is 10.2 Å². The SMILES string of the molecule is CN(Cc1ccc(C2=NCCN2)cc1F)C(=O)/C=C/CN(C)S(=O)(=O)c1cccc(Cl)c1Cl. The molecule has 11 heteroatoms. The standard InChI is InChI=1S/C22H23Cl2FN4O3S/c1-28(14-16-9-8-15(13-18(16)25)22-26-10-11-27-22)20(30)7-4-12-29(2)33(31,32)19-6-3-5-17(23)21(19)24/h3-9,13H,10-12,14H2,1-2H3,(H,26,27)/b7-4+. The molecule has 1 N–H and O–H groups in total. The molecule has 33 heavy (non-hydrogen) atoms. The first-order valence-electron chi connectivity index (χ1n) is 10.0. The molecule has 0 aliphatic carbocycles. The number of nitrogens with one attached hydrogen (secondary N) is 1. The zero-order valence-electron chi connectivity index (χ0n) is 18.1. The van der Waals surface area contributed by atoms with E-state index in [9.17, 15) is 17.6 Å². The van der Waals surface area contributed by atoms with Crippen LogP contribution in [0.25, 0.3) is 0 Å². The summed E-state index contributed by atoms with van der Waals surface area (Å²) in [6, 6.07) is 9.11. The van der Waals surface area contributed by atoms with E-state index in [-0.39, 0.29) is 28.0 Å². The van der Waals surface area contributed by atoms with Crippen molar-refractivity contribution in [2.24, 2.45) is 4.99 Å². The summed E-state index contributed by atoms with van der Waals surface area (Å²) in [5, 5.41) is 3.16. The number of aliphatic imine (C=N–C) groups is 1. The molecule has 0 spiro atoms. The van der Waals surface area contributed by atoms with Gasteiger partial charge >= 0.3 is 0 Å². The Morgan fingerprint density at radius 3 is 2.67 bits per heavy atom. The van der Waals surface area contributed by atoms with Crippen LogP contribution < -0.4 is 5.32 Å². The van der Waals surface area contributed by atoms with Gasteiger partial charge in [0.1, 0.15) is 16.5 Å². The molecule has 1 heterocycles. The smallest absolute Gasteiger partial charge is 0.246 e. The zero-order chi connectivity index (χ0) is 24.2. The van der Waals surface area contributed by atoms with Crippen molar-refractivity contribution in [1.29, 1.82) is 0 Å². The first-order valence-corrected chi connectivity index (χ1v) is 12.2. The highest BCUT2D eigenvalue weighted by molar-refractivity contribution is 7.89. The summed E-state index contributed by atoms with van der Waals surface area (Å²) in [6.07, 6.45) is 2.66. The Labute approximate surface area is 202 Å². The molecule has 1 aliphatic heterocycles. The maximum Gasteiger partial charge on any atom is 0.246 e. The monoisotopic (exact) mass is 512 g/mol. The van der Waals surface area contributed by atoms with Crippen LogP contribution in [-0.2, 0) is 21.4 Å². The summed E-state index contributed by atoms with van der Waals surface area (Å²) >= 11 is 11.9. The summed E-state index contributed by atoms with van der Waals surface area (Å²) in [5.41, 5.74) is 1.02. The maximum atomic E-state index is 14.5. The van der Waals surface area contributed by atoms with E-state index in [1.807, 2.05) is 0 Å². The lowest BCUT2D eigenvalue weighted by Crippen LogP contribution is -2.28. The predicted molar refractivity (Wildman–Crippen MR) is 128 cm³/mol. The Bertz CT molecular complexity index is 1220. The largest absolute Gasteiger partial charge is 0.368 e. The molecule has 0 fully saturated rings. The van der Waals surface area contributed by atoms with Crippen LogP contribution in [0.15, 0.2) is 58.4 Å². The summed E-state index contributed by atoms with van der Waals surface area (Å²) in [6.45, 7) is 1.38. The third-order valence-electron chi connectivity index (χ3n) is 5.01. The number of sulfonamides is 1. The maximum absolute atomic E-state index is 14.5. The Kier molecular flexibility index (Phi) is 8.12. The molecule has 0 atom stereocenters. The number of rotatable bonds is 8. The number of carbonyl (C=O) groups excluding carboxylic acids is 1. The molecular formula is C22H23Cl2FN4O3S. The van der Waals surface area contributed by atoms with E-state index >= 15 is 0 Å². The van der Waals surface area contributed by atoms with Crippen LogP contribution in [-0.4, -0.2) is 63.1 Å². The Hall–Kier alpha value is -2.46. The minimum atomic E-state index is -3.90. The highest BCUT2D eigenvalue weighted by Crippen LogP contribution is 2.30. The van der Waals surface area contributed by atoms with Crippen molar-refractivity contribution in [3.05, 3.63) is 75.5 Å². The van der Waals surface area contributed by atoms with Gasteiger partial charge in [0.2, 0.25) is 15.9 Å². The van der Waals surface area contributed by atoms with Gasteiger partial charge in [-0.2, -0.15) is 4.31 Å². The van der Waals surface area contributed by atoms with Crippen molar-refractivity contribution >= 4 is 45.0 Å². The molecule has 1 aliphatic rings. The first kappa shape index (κ1) is 25.2. The first-order chi connectivity index (χ1) is 15.6. The zero-order valence-corrected chi connectivity index (χ0v) is 20.4. The minimum absolute atomic E-state index is 0.0570. The predicted octanol–water partition coefficient (Wildman–Crippen LogP) is 3.32. The average Bonchev–Trinajstić information content (AvgIpc) is 3.31. The molecule has 2 aromatic rings. The summed E-state index contributed by atoms with van der Waals surface area (Å²) in [4.78, 5) is 17.9. The van der Waals surface area contributed by atoms with Crippen molar-refractivity contribution in [2.75, 3.05) is 33.7 Å².